The number of H-pyrrole nitrogens is 1. The molecule has 5 heteroatoms. The van der Waals surface area contributed by atoms with Crippen molar-refractivity contribution in [3.63, 3.8) is 0 Å². The molecule has 0 fully saturated rings. The summed E-state index contributed by atoms with van der Waals surface area (Å²) < 4.78 is 6.29. The van der Waals surface area contributed by atoms with Gasteiger partial charge in [0, 0.05) is 33.2 Å². The molecule has 0 saturated carbocycles. The van der Waals surface area contributed by atoms with Crippen LogP contribution in [0, 0.1) is 11.3 Å². The van der Waals surface area contributed by atoms with Crippen LogP contribution in [0.4, 0.5) is 0 Å². The van der Waals surface area contributed by atoms with Crippen LogP contribution in [0.25, 0.3) is 16.7 Å². The van der Waals surface area contributed by atoms with Gasteiger partial charge in [0.2, 0.25) is 5.78 Å². The fourth-order valence-corrected chi connectivity index (χ4v) is 4.25. The monoisotopic (exact) mass is 424 g/mol. The first-order chi connectivity index (χ1) is 15.2. The minimum atomic E-state index is -0.845. The molecule has 0 aliphatic carbocycles. The third kappa shape index (κ3) is 3.30. The number of halogens is 1. The molecule has 0 saturated heterocycles. The first-order valence-electron chi connectivity index (χ1n) is 9.89. The number of para-hydroxylation sites is 1. The number of fused-ring (bicyclic) bond motifs is 1. The van der Waals surface area contributed by atoms with E-state index in [1.807, 2.05) is 60.8 Å². The zero-order valence-electron chi connectivity index (χ0n) is 16.4. The maximum absolute atomic E-state index is 13.5. The SMILES string of the molecule is N#CC1=C(c2c[nH]c3ccccc23)O[C@@H](C(=O)c2ccc(Cl)cc2)[C@@H]1c1ccccc1. The standard InChI is InChI=1S/C26H17ClN2O2/c27-18-12-10-17(11-13-18)24(30)26-23(16-6-2-1-3-7-16)20(14-28)25(31-26)21-15-29-22-9-5-4-8-19(21)22/h1-13,15,23,26,29H/t23-,26-/m1/s1. The number of aromatic amines is 1. The summed E-state index contributed by atoms with van der Waals surface area (Å²) in [5, 5.41) is 11.6. The molecule has 2 heterocycles. The molecule has 1 N–H and O–H groups in total. The van der Waals surface area contributed by atoms with Crippen LogP contribution < -0.4 is 0 Å². The highest BCUT2D eigenvalue weighted by molar-refractivity contribution is 6.30. The summed E-state index contributed by atoms with van der Waals surface area (Å²) in [6, 6.07) is 26.4. The third-order valence-electron chi connectivity index (χ3n) is 5.60. The van der Waals surface area contributed by atoms with Crippen LogP contribution in [0.15, 0.2) is 90.6 Å². The first kappa shape index (κ1) is 19.2. The number of ketones is 1. The van der Waals surface area contributed by atoms with Crippen molar-refractivity contribution in [2.24, 2.45) is 0 Å². The van der Waals surface area contributed by atoms with Gasteiger partial charge in [0.25, 0.3) is 0 Å². The number of hydrogen-bond donors (Lipinski definition) is 1. The van der Waals surface area contributed by atoms with Crippen LogP contribution in [-0.2, 0) is 4.74 Å². The summed E-state index contributed by atoms with van der Waals surface area (Å²) in [4.78, 5) is 16.7. The largest absolute Gasteiger partial charge is 0.479 e. The summed E-state index contributed by atoms with van der Waals surface area (Å²) >= 11 is 6.00. The van der Waals surface area contributed by atoms with Gasteiger partial charge in [-0.05, 0) is 35.9 Å². The first-order valence-corrected chi connectivity index (χ1v) is 10.3. The molecule has 1 aliphatic rings. The van der Waals surface area contributed by atoms with Gasteiger partial charge < -0.3 is 9.72 Å². The molecule has 31 heavy (non-hydrogen) atoms. The quantitative estimate of drug-likeness (QED) is 0.401. The minimum Gasteiger partial charge on any atom is -0.479 e. The van der Waals surface area contributed by atoms with Crippen molar-refractivity contribution in [1.82, 2.24) is 4.98 Å². The number of carbonyl (C=O) groups excluding carboxylic acids is 1. The molecular formula is C26H17ClN2O2. The molecule has 1 aliphatic heterocycles. The molecule has 150 valence electrons. The van der Waals surface area contributed by atoms with Gasteiger partial charge in [-0.15, -0.1) is 0 Å². The Balaban J connectivity index is 1.66. The van der Waals surface area contributed by atoms with Gasteiger partial charge >= 0.3 is 0 Å². The van der Waals surface area contributed by atoms with E-state index in [4.69, 9.17) is 16.3 Å². The Labute approximate surface area is 184 Å². The molecule has 3 aromatic carbocycles. The Morgan fingerprint density at radius 2 is 1.68 bits per heavy atom. The molecule has 0 amide bonds. The molecule has 4 aromatic rings. The molecule has 0 spiro atoms. The second-order valence-corrected chi connectivity index (χ2v) is 7.84. The fourth-order valence-electron chi connectivity index (χ4n) is 4.12. The zero-order valence-corrected chi connectivity index (χ0v) is 17.1. The van der Waals surface area contributed by atoms with Crippen LogP contribution in [-0.4, -0.2) is 16.9 Å². The van der Waals surface area contributed by atoms with E-state index < -0.39 is 12.0 Å². The minimum absolute atomic E-state index is 0.187. The lowest BCUT2D eigenvalue weighted by Gasteiger charge is -2.19. The van der Waals surface area contributed by atoms with Gasteiger partial charge in [-0.2, -0.15) is 5.26 Å². The number of nitrogens with zero attached hydrogens (tertiary/aromatic N) is 1. The van der Waals surface area contributed by atoms with Crippen LogP contribution in [0.5, 0.6) is 0 Å². The lowest BCUT2D eigenvalue weighted by molar-refractivity contribution is 0.0754. The number of Topliss-reactive ketones (excluding diaryl/α,β-unsaturated/α-hetero) is 1. The Bertz CT molecular complexity index is 1350. The number of carbonyl (C=O) groups is 1. The normalized spacial score (nSPS) is 18.1. The third-order valence-corrected chi connectivity index (χ3v) is 5.86. The predicted molar refractivity (Wildman–Crippen MR) is 121 cm³/mol. The Hall–Kier alpha value is -3.81. The van der Waals surface area contributed by atoms with Crippen LogP contribution >= 0.6 is 11.6 Å². The van der Waals surface area contributed by atoms with Gasteiger partial charge in [0.05, 0.1) is 17.6 Å². The molecule has 1 aromatic heterocycles. The maximum atomic E-state index is 13.5. The van der Waals surface area contributed by atoms with Gasteiger partial charge in [0.1, 0.15) is 5.76 Å². The lowest BCUT2D eigenvalue weighted by atomic mass is 9.84. The summed E-state index contributed by atoms with van der Waals surface area (Å²) in [6.45, 7) is 0. The average Bonchev–Trinajstić information content (AvgIpc) is 3.41. The van der Waals surface area contributed by atoms with Crippen LogP contribution in [0.2, 0.25) is 5.02 Å². The van der Waals surface area contributed by atoms with Crippen molar-refractivity contribution in [2.75, 3.05) is 0 Å². The smallest absolute Gasteiger partial charge is 0.204 e. The summed E-state index contributed by atoms with van der Waals surface area (Å²) in [5.74, 6) is -0.243. The summed E-state index contributed by atoms with van der Waals surface area (Å²) in [7, 11) is 0. The second kappa shape index (κ2) is 7.79. The number of ether oxygens (including phenoxy) is 1. The average molecular weight is 425 g/mol. The summed E-state index contributed by atoms with van der Waals surface area (Å²) in [5.41, 5.74) is 3.52. The second-order valence-electron chi connectivity index (χ2n) is 7.40. The molecule has 4 nitrogen and oxygen atoms in total. The van der Waals surface area contributed by atoms with Gasteiger partial charge in [-0.25, -0.2) is 0 Å². The predicted octanol–water partition coefficient (Wildman–Crippen LogP) is 6.12. The Kier molecular flexibility index (Phi) is 4.82. The number of hydrogen-bond acceptors (Lipinski definition) is 3. The highest BCUT2D eigenvalue weighted by atomic mass is 35.5. The van der Waals surface area contributed by atoms with E-state index in [1.165, 1.54) is 0 Å². The van der Waals surface area contributed by atoms with Gasteiger partial charge in [-0.3, -0.25) is 4.79 Å². The van der Waals surface area contributed by atoms with E-state index in [0.717, 1.165) is 22.0 Å². The van der Waals surface area contributed by atoms with Crippen molar-refractivity contribution >= 4 is 34.0 Å². The number of nitrogens with one attached hydrogen (secondary N) is 1. The van der Waals surface area contributed by atoms with Crippen molar-refractivity contribution < 1.29 is 9.53 Å². The molecular weight excluding hydrogens is 408 g/mol. The van der Waals surface area contributed by atoms with E-state index in [9.17, 15) is 10.1 Å². The molecule has 5 rings (SSSR count). The topological polar surface area (TPSA) is 65.9 Å². The van der Waals surface area contributed by atoms with E-state index in [-0.39, 0.29) is 5.78 Å². The molecule has 2 atom stereocenters. The van der Waals surface area contributed by atoms with Crippen LogP contribution in [0.1, 0.15) is 27.4 Å². The number of aromatic nitrogens is 1. The van der Waals surface area contributed by atoms with Crippen molar-refractivity contribution in [2.45, 2.75) is 12.0 Å². The van der Waals surface area contributed by atoms with Crippen molar-refractivity contribution in [3.05, 3.63) is 112 Å². The van der Waals surface area contributed by atoms with Crippen LogP contribution in [0.3, 0.4) is 0 Å². The maximum Gasteiger partial charge on any atom is 0.204 e. The highest BCUT2D eigenvalue weighted by Gasteiger charge is 2.43. The zero-order chi connectivity index (χ0) is 21.4. The van der Waals surface area contributed by atoms with E-state index in [0.29, 0.717) is 21.9 Å². The van der Waals surface area contributed by atoms with Crippen molar-refractivity contribution in [1.29, 1.82) is 5.26 Å². The molecule has 0 bridgehead atoms. The Morgan fingerprint density at radius 3 is 2.42 bits per heavy atom. The van der Waals surface area contributed by atoms with Crippen molar-refractivity contribution in [3.8, 4) is 6.07 Å². The van der Waals surface area contributed by atoms with E-state index in [1.54, 1.807) is 24.3 Å². The van der Waals surface area contributed by atoms with E-state index in [2.05, 4.69) is 11.1 Å². The molecule has 0 radical (unpaired) electrons. The van der Waals surface area contributed by atoms with E-state index >= 15 is 0 Å². The van der Waals surface area contributed by atoms with Gasteiger partial charge in [-0.1, -0.05) is 60.1 Å². The van der Waals surface area contributed by atoms with Gasteiger partial charge in [0.15, 0.2) is 6.10 Å². The Morgan fingerprint density at radius 1 is 0.968 bits per heavy atom. The number of rotatable bonds is 4. The fraction of sp³-hybridized carbons (Fsp3) is 0.0769. The lowest BCUT2D eigenvalue weighted by Crippen LogP contribution is -2.27. The number of nitriles is 1. The summed E-state index contributed by atoms with van der Waals surface area (Å²) in [6.07, 6.45) is 0.982. The highest BCUT2D eigenvalue weighted by Crippen LogP contribution is 2.45. The number of benzene rings is 3. The molecule has 0 unspecified atom stereocenters.